The van der Waals surface area contributed by atoms with Gasteiger partial charge in [-0.2, -0.15) is 0 Å². The van der Waals surface area contributed by atoms with Crippen molar-refractivity contribution in [2.45, 2.75) is 38.1 Å². The van der Waals surface area contributed by atoms with Gasteiger partial charge in [-0.05, 0) is 56.7 Å². The summed E-state index contributed by atoms with van der Waals surface area (Å²) in [5, 5.41) is 6.72. The van der Waals surface area contributed by atoms with E-state index in [9.17, 15) is 4.79 Å². The minimum atomic E-state index is -0.357. The Kier molecular flexibility index (Phi) is 7.08. The highest BCUT2D eigenvalue weighted by atomic mass is 35.5. The summed E-state index contributed by atoms with van der Waals surface area (Å²) in [5.41, 5.74) is 0.944. The predicted octanol–water partition coefficient (Wildman–Crippen LogP) is 2.56. The monoisotopic (exact) mass is 352 g/mol. The van der Waals surface area contributed by atoms with E-state index in [1.165, 1.54) is 18.4 Å². The fraction of sp³-hybridized carbons (Fsp3) is 0.632. The van der Waals surface area contributed by atoms with Gasteiger partial charge in [0.15, 0.2) is 0 Å². The molecule has 1 saturated heterocycles. The number of hydrogen-bond donors (Lipinski definition) is 2. The van der Waals surface area contributed by atoms with E-state index in [4.69, 9.17) is 4.74 Å². The Morgan fingerprint density at radius 3 is 2.54 bits per heavy atom. The number of methoxy groups -OCH3 is 1. The molecule has 1 heterocycles. The summed E-state index contributed by atoms with van der Waals surface area (Å²) in [5.74, 6) is 0.828. The maximum Gasteiger partial charge on any atom is 0.228 e. The molecule has 3 rings (SSSR count). The lowest BCUT2D eigenvalue weighted by Gasteiger charge is -2.37. The molecule has 1 saturated carbocycles. The molecule has 1 aliphatic heterocycles. The second-order valence-corrected chi connectivity index (χ2v) is 7.07. The zero-order valence-corrected chi connectivity index (χ0v) is 15.2. The summed E-state index contributed by atoms with van der Waals surface area (Å²) < 4.78 is 5.39. The Hall–Kier alpha value is -1.10. The minimum Gasteiger partial charge on any atom is -0.384 e. The molecule has 0 bridgehead atoms. The third-order valence-electron chi connectivity index (χ3n) is 5.27. The van der Waals surface area contributed by atoms with Crippen molar-refractivity contribution in [3.05, 3.63) is 35.9 Å². The van der Waals surface area contributed by atoms with Crippen molar-refractivity contribution in [3.8, 4) is 0 Å². The molecule has 2 aliphatic rings. The highest BCUT2D eigenvalue weighted by molar-refractivity contribution is 5.85. The maximum absolute atomic E-state index is 13.0. The molecule has 0 aromatic heterocycles. The van der Waals surface area contributed by atoms with Gasteiger partial charge in [0, 0.05) is 13.2 Å². The summed E-state index contributed by atoms with van der Waals surface area (Å²) in [6.07, 6.45) is 5.11. The van der Waals surface area contributed by atoms with Gasteiger partial charge in [-0.1, -0.05) is 30.3 Å². The number of halogens is 1. The van der Waals surface area contributed by atoms with E-state index in [0.29, 0.717) is 12.5 Å². The zero-order valence-electron chi connectivity index (χ0n) is 14.4. The van der Waals surface area contributed by atoms with Crippen molar-refractivity contribution in [2.24, 2.45) is 11.3 Å². The quantitative estimate of drug-likeness (QED) is 0.793. The summed E-state index contributed by atoms with van der Waals surface area (Å²) >= 11 is 0. The van der Waals surface area contributed by atoms with Crippen LogP contribution in [0, 0.1) is 11.3 Å². The molecule has 5 heteroatoms. The van der Waals surface area contributed by atoms with Crippen molar-refractivity contribution in [2.75, 3.05) is 26.8 Å². The van der Waals surface area contributed by atoms with Crippen LogP contribution in [0.3, 0.4) is 0 Å². The number of ether oxygens (including phenoxy) is 1. The molecule has 1 amide bonds. The number of benzene rings is 1. The summed E-state index contributed by atoms with van der Waals surface area (Å²) in [4.78, 5) is 13.0. The molecule has 0 radical (unpaired) electrons. The fourth-order valence-corrected chi connectivity index (χ4v) is 3.64. The Labute approximate surface area is 151 Å². The normalized spacial score (nSPS) is 20.7. The molecule has 2 N–H and O–H groups in total. The van der Waals surface area contributed by atoms with E-state index in [2.05, 4.69) is 34.9 Å². The molecule has 1 aromatic carbocycles. The van der Waals surface area contributed by atoms with Crippen LogP contribution < -0.4 is 10.6 Å². The Morgan fingerprint density at radius 1 is 1.29 bits per heavy atom. The van der Waals surface area contributed by atoms with Gasteiger partial charge in [0.1, 0.15) is 0 Å². The third kappa shape index (κ3) is 4.71. The molecule has 24 heavy (non-hydrogen) atoms. The standard InChI is InChI=1S/C19H28N2O2.ClH/c1-23-14-19(9-11-20-12-10-19)18(22)21-17(16-7-8-16)13-15-5-3-2-4-6-15;/h2-6,16-17,20H,7-14H2,1H3,(H,21,22);1H. The van der Waals surface area contributed by atoms with Gasteiger partial charge < -0.3 is 15.4 Å². The van der Waals surface area contributed by atoms with E-state index in [-0.39, 0.29) is 29.8 Å². The van der Waals surface area contributed by atoms with Crippen LogP contribution in [0.4, 0.5) is 0 Å². The first-order valence-electron chi connectivity index (χ1n) is 8.78. The lowest BCUT2D eigenvalue weighted by Crippen LogP contribution is -2.53. The molecule has 1 aliphatic carbocycles. The molecule has 4 nitrogen and oxygen atoms in total. The molecule has 1 aromatic rings. The first-order valence-corrected chi connectivity index (χ1v) is 8.78. The van der Waals surface area contributed by atoms with Gasteiger partial charge in [-0.15, -0.1) is 12.4 Å². The topological polar surface area (TPSA) is 50.4 Å². The molecule has 134 valence electrons. The SMILES string of the molecule is COCC1(C(=O)NC(Cc2ccccc2)C2CC2)CCNCC1.Cl. The van der Waals surface area contributed by atoms with E-state index in [1.54, 1.807) is 7.11 Å². The van der Waals surface area contributed by atoms with Crippen LogP contribution in [0.1, 0.15) is 31.2 Å². The molecular formula is C19H29ClN2O2. The van der Waals surface area contributed by atoms with E-state index < -0.39 is 0 Å². The number of hydrogen-bond acceptors (Lipinski definition) is 3. The lowest BCUT2D eigenvalue weighted by molar-refractivity contribution is -0.137. The van der Waals surface area contributed by atoms with E-state index in [1.807, 2.05) is 6.07 Å². The number of carbonyl (C=O) groups excluding carboxylic acids is 1. The number of amides is 1. The largest absolute Gasteiger partial charge is 0.384 e. The van der Waals surface area contributed by atoms with Crippen molar-refractivity contribution < 1.29 is 9.53 Å². The number of nitrogens with one attached hydrogen (secondary N) is 2. The molecule has 2 fully saturated rings. The van der Waals surface area contributed by atoms with Gasteiger partial charge in [0.05, 0.1) is 12.0 Å². The third-order valence-corrected chi connectivity index (χ3v) is 5.27. The van der Waals surface area contributed by atoms with Gasteiger partial charge in [0.25, 0.3) is 0 Å². The molecule has 1 atom stereocenters. The average molecular weight is 353 g/mol. The Balaban J connectivity index is 0.00000208. The number of carbonyl (C=O) groups is 1. The van der Waals surface area contributed by atoms with Gasteiger partial charge in [0.2, 0.25) is 5.91 Å². The summed E-state index contributed by atoms with van der Waals surface area (Å²) in [7, 11) is 1.69. The van der Waals surface area contributed by atoms with Crippen molar-refractivity contribution in [1.82, 2.24) is 10.6 Å². The number of piperidine rings is 1. The first-order chi connectivity index (χ1) is 11.2. The van der Waals surface area contributed by atoms with Crippen LogP contribution in [-0.2, 0) is 16.0 Å². The minimum absolute atomic E-state index is 0. The Bertz CT molecular complexity index is 508. The van der Waals surface area contributed by atoms with Crippen molar-refractivity contribution in [3.63, 3.8) is 0 Å². The summed E-state index contributed by atoms with van der Waals surface area (Å²) in [6.45, 7) is 2.30. The van der Waals surface area contributed by atoms with Crippen LogP contribution in [-0.4, -0.2) is 38.8 Å². The molecule has 0 spiro atoms. The van der Waals surface area contributed by atoms with Crippen LogP contribution in [0.15, 0.2) is 30.3 Å². The van der Waals surface area contributed by atoms with Crippen LogP contribution >= 0.6 is 12.4 Å². The van der Waals surface area contributed by atoms with E-state index >= 15 is 0 Å². The Morgan fingerprint density at radius 2 is 1.96 bits per heavy atom. The lowest BCUT2D eigenvalue weighted by atomic mass is 9.78. The average Bonchev–Trinajstić information content (AvgIpc) is 3.41. The maximum atomic E-state index is 13.0. The predicted molar refractivity (Wildman–Crippen MR) is 98.5 cm³/mol. The highest BCUT2D eigenvalue weighted by Crippen LogP contribution is 2.36. The zero-order chi connectivity index (χ0) is 16.1. The van der Waals surface area contributed by atoms with Crippen molar-refractivity contribution >= 4 is 18.3 Å². The highest BCUT2D eigenvalue weighted by Gasteiger charge is 2.42. The van der Waals surface area contributed by atoms with Crippen molar-refractivity contribution in [1.29, 1.82) is 0 Å². The second kappa shape index (κ2) is 8.84. The van der Waals surface area contributed by atoms with Gasteiger partial charge >= 0.3 is 0 Å². The molecule has 1 unspecified atom stereocenters. The summed E-state index contributed by atoms with van der Waals surface area (Å²) in [6, 6.07) is 10.7. The van der Waals surface area contributed by atoms with Gasteiger partial charge in [-0.3, -0.25) is 4.79 Å². The van der Waals surface area contributed by atoms with Crippen LogP contribution in [0.25, 0.3) is 0 Å². The number of rotatable bonds is 7. The van der Waals surface area contributed by atoms with Crippen LogP contribution in [0.2, 0.25) is 0 Å². The fourth-order valence-electron chi connectivity index (χ4n) is 3.64. The second-order valence-electron chi connectivity index (χ2n) is 7.07. The van der Waals surface area contributed by atoms with Crippen LogP contribution in [0.5, 0.6) is 0 Å². The van der Waals surface area contributed by atoms with E-state index in [0.717, 1.165) is 32.4 Å². The molecular weight excluding hydrogens is 324 g/mol. The van der Waals surface area contributed by atoms with Gasteiger partial charge in [-0.25, -0.2) is 0 Å². The smallest absolute Gasteiger partial charge is 0.228 e. The first kappa shape index (κ1) is 19.2.